The molecule has 5 heteroatoms. The lowest BCUT2D eigenvalue weighted by Crippen LogP contribution is -2.44. The molecular formula is C19H21N3O2. The summed E-state index contributed by atoms with van der Waals surface area (Å²) in [5, 5.41) is 8.92. The van der Waals surface area contributed by atoms with Crippen LogP contribution < -0.4 is 16.0 Å². The van der Waals surface area contributed by atoms with E-state index in [4.69, 9.17) is 0 Å². The smallest absolute Gasteiger partial charge is 0.251 e. The zero-order valence-corrected chi connectivity index (χ0v) is 13.6. The van der Waals surface area contributed by atoms with Gasteiger partial charge in [0.15, 0.2) is 0 Å². The molecular weight excluding hydrogens is 302 g/mol. The molecule has 3 N–H and O–H groups in total. The average molecular weight is 323 g/mol. The molecule has 0 fully saturated rings. The topological polar surface area (TPSA) is 70.2 Å². The Bertz CT molecular complexity index is 741. The van der Waals surface area contributed by atoms with Crippen molar-refractivity contribution in [1.82, 2.24) is 10.6 Å². The Morgan fingerprint density at radius 1 is 1.08 bits per heavy atom. The molecule has 24 heavy (non-hydrogen) atoms. The number of hydrogen-bond acceptors (Lipinski definition) is 3. The molecule has 1 aliphatic rings. The predicted molar refractivity (Wildman–Crippen MR) is 93.9 cm³/mol. The van der Waals surface area contributed by atoms with Crippen LogP contribution in [0.1, 0.15) is 28.4 Å². The molecule has 5 nitrogen and oxygen atoms in total. The SMILES string of the molecule is CCNC(=O)c1ccc(NC(=O)[C@H]2Cc3ccccc3CN2)cc1. The number of carbonyl (C=O) groups is 2. The summed E-state index contributed by atoms with van der Waals surface area (Å²) in [5.74, 6) is -0.170. The van der Waals surface area contributed by atoms with Crippen molar-refractivity contribution in [1.29, 1.82) is 0 Å². The van der Waals surface area contributed by atoms with Crippen molar-refractivity contribution in [3.63, 3.8) is 0 Å². The standard InChI is InChI=1S/C19H21N3O2/c1-2-20-18(23)13-7-9-16(10-8-13)22-19(24)17-11-14-5-3-4-6-15(14)12-21-17/h3-10,17,21H,2,11-12H2,1H3,(H,20,23)(H,22,24)/t17-/m1/s1. The number of fused-ring (bicyclic) bond motifs is 1. The van der Waals surface area contributed by atoms with Crippen LogP contribution in [0.3, 0.4) is 0 Å². The Morgan fingerprint density at radius 3 is 2.50 bits per heavy atom. The number of anilines is 1. The first-order valence-electron chi connectivity index (χ1n) is 8.16. The summed E-state index contributed by atoms with van der Waals surface area (Å²) in [7, 11) is 0. The first-order chi connectivity index (χ1) is 11.7. The third-order valence-electron chi connectivity index (χ3n) is 4.15. The van der Waals surface area contributed by atoms with Gasteiger partial charge in [0.2, 0.25) is 5.91 Å². The second-order valence-corrected chi connectivity index (χ2v) is 5.83. The third-order valence-corrected chi connectivity index (χ3v) is 4.15. The van der Waals surface area contributed by atoms with Crippen LogP contribution in [-0.4, -0.2) is 24.4 Å². The predicted octanol–water partition coefficient (Wildman–Crippen LogP) is 2.09. The van der Waals surface area contributed by atoms with Crippen molar-refractivity contribution in [3.8, 4) is 0 Å². The van der Waals surface area contributed by atoms with Crippen molar-refractivity contribution in [2.24, 2.45) is 0 Å². The van der Waals surface area contributed by atoms with Crippen LogP contribution in [0.25, 0.3) is 0 Å². The quantitative estimate of drug-likeness (QED) is 0.807. The van der Waals surface area contributed by atoms with Crippen LogP contribution in [0, 0.1) is 0 Å². The van der Waals surface area contributed by atoms with Crippen LogP contribution in [0.15, 0.2) is 48.5 Å². The molecule has 0 bridgehead atoms. The Kier molecular flexibility index (Phi) is 4.91. The minimum absolute atomic E-state index is 0.0599. The number of benzene rings is 2. The first-order valence-corrected chi connectivity index (χ1v) is 8.16. The number of carbonyl (C=O) groups excluding carboxylic acids is 2. The van der Waals surface area contributed by atoms with Crippen molar-refractivity contribution in [2.75, 3.05) is 11.9 Å². The molecule has 2 aromatic carbocycles. The fourth-order valence-corrected chi connectivity index (χ4v) is 2.84. The second-order valence-electron chi connectivity index (χ2n) is 5.83. The van der Waals surface area contributed by atoms with E-state index in [1.54, 1.807) is 24.3 Å². The number of hydrogen-bond donors (Lipinski definition) is 3. The van der Waals surface area contributed by atoms with E-state index in [-0.39, 0.29) is 17.9 Å². The molecule has 0 aromatic heterocycles. The molecule has 2 amide bonds. The summed E-state index contributed by atoms with van der Waals surface area (Å²) in [6.45, 7) is 3.17. The van der Waals surface area contributed by atoms with Crippen molar-refractivity contribution in [3.05, 3.63) is 65.2 Å². The van der Waals surface area contributed by atoms with Gasteiger partial charge in [0, 0.05) is 24.3 Å². The first kappa shape index (κ1) is 16.2. The molecule has 1 atom stereocenters. The second kappa shape index (κ2) is 7.27. The highest BCUT2D eigenvalue weighted by molar-refractivity contribution is 5.97. The van der Waals surface area contributed by atoms with Gasteiger partial charge in [0.1, 0.15) is 0 Å². The molecule has 0 saturated heterocycles. The van der Waals surface area contributed by atoms with Gasteiger partial charge in [-0.05, 0) is 48.7 Å². The summed E-state index contributed by atoms with van der Waals surface area (Å²) in [6, 6.07) is 14.8. The Balaban J connectivity index is 1.62. The van der Waals surface area contributed by atoms with Crippen molar-refractivity contribution in [2.45, 2.75) is 25.9 Å². The van der Waals surface area contributed by atoms with Gasteiger partial charge in [-0.15, -0.1) is 0 Å². The van der Waals surface area contributed by atoms with E-state index in [1.165, 1.54) is 11.1 Å². The molecule has 1 heterocycles. The van der Waals surface area contributed by atoms with Gasteiger partial charge in [-0.3, -0.25) is 9.59 Å². The van der Waals surface area contributed by atoms with Crippen LogP contribution in [-0.2, 0) is 17.8 Å². The lowest BCUT2D eigenvalue weighted by molar-refractivity contribution is -0.118. The highest BCUT2D eigenvalue weighted by Crippen LogP contribution is 2.17. The Labute approximate surface area is 141 Å². The number of nitrogens with one attached hydrogen (secondary N) is 3. The van der Waals surface area contributed by atoms with Crippen LogP contribution >= 0.6 is 0 Å². The summed E-state index contributed by atoms with van der Waals surface area (Å²) in [4.78, 5) is 24.2. The fraction of sp³-hybridized carbons (Fsp3) is 0.263. The van der Waals surface area contributed by atoms with Gasteiger partial charge in [-0.1, -0.05) is 24.3 Å². The number of amides is 2. The van der Waals surface area contributed by atoms with E-state index in [1.807, 2.05) is 19.1 Å². The third kappa shape index (κ3) is 3.63. The van der Waals surface area contributed by atoms with E-state index in [0.717, 1.165) is 0 Å². The monoisotopic (exact) mass is 323 g/mol. The lowest BCUT2D eigenvalue weighted by atomic mass is 9.95. The average Bonchev–Trinajstić information content (AvgIpc) is 2.62. The highest BCUT2D eigenvalue weighted by Gasteiger charge is 2.23. The van der Waals surface area contributed by atoms with E-state index < -0.39 is 0 Å². The lowest BCUT2D eigenvalue weighted by Gasteiger charge is -2.25. The Hall–Kier alpha value is -2.66. The largest absolute Gasteiger partial charge is 0.352 e. The minimum atomic E-state index is -0.247. The van der Waals surface area contributed by atoms with E-state index in [9.17, 15) is 9.59 Å². The van der Waals surface area contributed by atoms with Gasteiger partial charge in [0.05, 0.1) is 6.04 Å². The zero-order valence-electron chi connectivity index (χ0n) is 13.6. The van der Waals surface area contributed by atoms with Crippen LogP contribution in [0.2, 0.25) is 0 Å². The Morgan fingerprint density at radius 2 is 1.79 bits per heavy atom. The summed E-state index contributed by atoms with van der Waals surface area (Å²) in [5.41, 5.74) is 3.73. The van der Waals surface area contributed by atoms with Crippen LogP contribution in [0.5, 0.6) is 0 Å². The minimum Gasteiger partial charge on any atom is -0.352 e. The molecule has 1 aliphatic heterocycles. The molecule has 3 rings (SSSR count). The molecule has 0 saturated carbocycles. The zero-order chi connectivity index (χ0) is 16.9. The maximum atomic E-state index is 12.4. The summed E-state index contributed by atoms with van der Waals surface area (Å²) < 4.78 is 0. The van der Waals surface area contributed by atoms with Gasteiger partial charge >= 0.3 is 0 Å². The molecule has 0 radical (unpaired) electrons. The maximum absolute atomic E-state index is 12.4. The molecule has 0 unspecified atom stereocenters. The van der Waals surface area contributed by atoms with Gasteiger partial charge < -0.3 is 16.0 Å². The van der Waals surface area contributed by atoms with Crippen LogP contribution in [0.4, 0.5) is 5.69 Å². The van der Waals surface area contributed by atoms with E-state index >= 15 is 0 Å². The van der Waals surface area contributed by atoms with Gasteiger partial charge in [-0.2, -0.15) is 0 Å². The number of rotatable bonds is 4. The van der Waals surface area contributed by atoms with Gasteiger partial charge in [-0.25, -0.2) is 0 Å². The molecule has 124 valence electrons. The fourth-order valence-electron chi connectivity index (χ4n) is 2.84. The molecule has 0 spiro atoms. The molecule has 2 aromatic rings. The molecule has 0 aliphatic carbocycles. The van der Waals surface area contributed by atoms with Crippen molar-refractivity contribution >= 4 is 17.5 Å². The van der Waals surface area contributed by atoms with Gasteiger partial charge in [0.25, 0.3) is 5.91 Å². The van der Waals surface area contributed by atoms with E-state index in [0.29, 0.717) is 30.8 Å². The maximum Gasteiger partial charge on any atom is 0.251 e. The summed E-state index contributed by atoms with van der Waals surface area (Å²) in [6.07, 6.45) is 0.680. The van der Waals surface area contributed by atoms with Crippen molar-refractivity contribution < 1.29 is 9.59 Å². The normalized spacial score (nSPS) is 16.1. The van der Waals surface area contributed by atoms with E-state index in [2.05, 4.69) is 28.1 Å². The highest BCUT2D eigenvalue weighted by atomic mass is 16.2. The summed E-state index contributed by atoms with van der Waals surface area (Å²) >= 11 is 0.